The fourth-order valence-corrected chi connectivity index (χ4v) is 3.20. The van der Waals surface area contributed by atoms with Crippen LogP contribution in [0.15, 0.2) is 11.6 Å². The molecule has 0 saturated carbocycles. The number of aryl methyl sites for hydroxylation is 1. The van der Waals surface area contributed by atoms with Crippen LogP contribution in [0.2, 0.25) is 0 Å². The number of phenolic OH excluding ortho intramolecular Hbond substituents is 1. The molecule has 0 aliphatic heterocycles. The standard InChI is InChI=1S/C18H22O4/c1-9(2)15-13-7-11(4)18(22,8-12(5)19)17(21)16(13)10(3)6-14(15)20/h6-7,9,20,22H,8H2,1-5H3/t18-/m1/s1. The summed E-state index contributed by atoms with van der Waals surface area (Å²) in [7, 11) is 0. The van der Waals surface area contributed by atoms with Crippen molar-refractivity contribution in [3.8, 4) is 5.75 Å². The molecular weight excluding hydrogens is 280 g/mol. The van der Waals surface area contributed by atoms with Crippen LogP contribution in [0.3, 0.4) is 0 Å². The van der Waals surface area contributed by atoms with Gasteiger partial charge in [-0.3, -0.25) is 9.59 Å². The van der Waals surface area contributed by atoms with Crippen LogP contribution < -0.4 is 0 Å². The Morgan fingerprint density at radius 2 is 1.91 bits per heavy atom. The molecule has 1 aromatic carbocycles. The fourth-order valence-electron chi connectivity index (χ4n) is 3.20. The number of phenols is 1. The maximum absolute atomic E-state index is 12.9. The van der Waals surface area contributed by atoms with E-state index in [9.17, 15) is 19.8 Å². The molecule has 1 aliphatic carbocycles. The lowest BCUT2D eigenvalue weighted by molar-refractivity contribution is -0.119. The molecule has 1 aliphatic rings. The molecule has 2 rings (SSSR count). The van der Waals surface area contributed by atoms with Crippen molar-refractivity contribution in [2.45, 2.75) is 52.6 Å². The van der Waals surface area contributed by atoms with Gasteiger partial charge in [-0.1, -0.05) is 19.9 Å². The molecule has 4 heteroatoms. The molecule has 1 atom stereocenters. The molecule has 0 spiro atoms. The zero-order valence-corrected chi connectivity index (χ0v) is 13.7. The average Bonchev–Trinajstić information content (AvgIpc) is 2.34. The van der Waals surface area contributed by atoms with Crippen molar-refractivity contribution in [2.24, 2.45) is 0 Å². The van der Waals surface area contributed by atoms with Crippen molar-refractivity contribution in [3.63, 3.8) is 0 Å². The van der Waals surface area contributed by atoms with Gasteiger partial charge in [0.2, 0.25) is 0 Å². The van der Waals surface area contributed by atoms with Crippen LogP contribution >= 0.6 is 0 Å². The fraction of sp³-hybridized carbons (Fsp3) is 0.444. The summed E-state index contributed by atoms with van der Waals surface area (Å²) in [5, 5.41) is 21.0. The number of carbonyl (C=O) groups excluding carboxylic acids is 2. The van der Waals surface area contributed by atoms with Gasteiger partial charge in [-0.05, 0) is 49.5 Å². The van der Waals surface area contributed by atoms with Gasteiger partial charge in [-0.15, -0.1) is 0 Å². The summed E-state index contributed by atoms with van der Waals surface area (Å²) in [6.45, 7) is 8.61. The topological polar surface area (TPSA) is 74.6 Å². The maximum Gasteiger partial charge on any atom is 0.199 e. The molecule has 0 aromatic heterocycles. The van der Waals surface area contributed by atoms with Crippen LogP contribution in [-0.4, -0.2) is 27.4 Å². The molecule has 118 valence electrons. The third-order valence-electron chi connectivity index (χ3n) is 4.28. The molecule has 0 heterocycles. The predicted molar refractivity (Wildman–Crippen MR) is 85.2 cm³/mol. The number of Topliss-reactive ketones (excluding diaryl/α,β-unsaturated/α-hetero) is 2. The number of hydrogen-bond acceptors (Lipinski definition) is 4. The first kappa shape index (κ1) is 16.4. The molecular formula is C18H22O4. The Kier molecular flexibility index (Phi) is 4.00. The minimum absolute atomic E-state index is 0.0326. The smallest absolute Gasteiger partial charge is 0.199 e. The van der Waals surface area contributed by atoms with Crippen molar-refractivity contribution in [1.29, 1.82) is 0 Å². The number of rotatable bonds is 3. The summed E-state index contributed by atoms with van der Waals surface area (Å²) in [6.07, 6.45) is 1.49. The van der Waals surface area contributed by atoms with Crippen molar-refractivity contribution < 1.29 is 19.8 Å². The van der Waals surface area contributed by atoms with Crippen LogP contribution in [0.4, 0.5) is 0 Å². The number of aromatic hydroxyl groups is 1. The minimum atomic E-state index is -1.78. The number of fused-ring (bicyclic) bond motifs is 1. The zero-order chi connectivity index (χ0) is 16.8. The molecule has 0 saturated heterocycles. The number of aliphatic hydroxyl groups is 1. The van der Waals surface area contributed by atoms with E-state index in [4.69, 9.17) is 0 Å². The Morgan fingerprint density at radius 3 is 2.41 bits per heavy atom. The Labute approximate surface area is 130 Å². The number of ketones is 2. The normalized spacial score (nSPS) is 20.9. The first-order valence-corrected chi connectivity index (χ1v) is 7.41. The third kappa shape index (κ3) is 2.37. The van der Waals surface area contributed by atoms with Crippen molar-refractivity contribution in [2.75, 3.05) is 0 Å². The molecule has 22 heavy (non-hydrogen) atoms. The highest BCUT2D eigenvalue weighted by molar-refractivity contribution is 6.13. The Balaban J connectivity index is 2.78. The van der Waals surface area contributed by atoms with Gasteiger partial charge < -0.3 is 10.2 Å². The van der Waals surface area contributed by atoms with E-state index in [1.165, 1.54) is 6.92 Å². The lowest BCUT2D eigenvalue weighted by Crippen LogP contribution is -2.44. The molecule has 2 N–H and O–H groups in total. The second-order valence-corrected chi connectivity index (χ2v) is 6.47. The maximum atomic E-state index is 12.9. The van der Waals surface area contributed by atoms with Gasteiger partial charge in [0.05, 0.1) is 0 Å². The number of hydrogen-bond donors (Lipinski definition) is 2. The Morgan fingerprint density at radius 1 is 1.32 bits per heavy atom. The Bertz CT molecular complexity index is 698. The first-order valence-electron chi connectivity index (χ1n) is 7.41. The largest absolute Gasteiger partial charge is 0.508 e. The second-order valence-electron chi connectivity index (χ2n) is 6.47. The summed E-state index contributed by atoms with van der Waals surface area (Å²) >= 11 is 0. The SMILES string of the molecule is CC(=O)C[C@]1(O)C(=O)c2c(C)cc(O)c(C(C)C)c2C=C1C. The Hall–Kier alpha value is -1.94. The molecule has 0 radical (unpaired) electrons. The summed E-state index contributed by atoms with van der Waals surface area (Å²) in [5.74, 6) is -0.519. The predicted octanol–water partition coefficient (Wildman–Crippen LogP) is 3.13. The van der Waals surface area contributed by atoms with Gasteiger partial charge in [0.25, 0.3) is 0 Å². The number of benzene rings is 1. The monoisotopic (exact) mass is 302 g/mol. The molecule has 0 fully saturated rings. The average molecular weight is 302 g/mol. The van der Waals surface area contributed by atoms with Gasteiger partial charge in [0.1, 0.15) is 11.5 Å². The van der Waals surface area contributed by atoms with E-state index in [0.29, 0.717) is 27.8 Å². The molecule has 0 unspecified atom stereocenters. The molecule has 1 aromatic rings. The third-order valence-corrected chi connectivity index (χ3v) is 4.28. The van der Waals surface area contributed by atoms with E-state index in [1.807, 2.05) is 13.8 Å². The highest BCUT2D eigenvalue weighted by Gasteiger charge is 2.44. The summed E-state index contributed by atoms with van der Waals surface area (Å²) in [4.78, 5) is 24.3. The second kappa shape index (κ2) is 5.36. The van der Waals surface area contributed by atoms with Gasteiger partial charge in [-0.25, -0.2) is 0 Å². The summed E-state index contributed by atoms with van der Waals surface area (Å²) in [6, 6.07) is 1.55. The molecule has 0 bridgehead atoms. The van der Waals surface area contributed by atoms with Crippen molar-refractivity contribution in [3.05, 3.63) is 33.9 Å². The van der Waals surface area contributed by atoms with E-state index in [-0.39, 0.29) is 23.9 Å². The highest BCUT2D eigenvalue weighted by atomic mass is 16.3. The van der Waals surface area contributed by atoms with Crippen molar-refractivity contribution >= 4 is 17.6 Å². The lowest BCUT2D eigenvalue weighted by Gasteiger charge is -2.33. The first-order chi connectivity index (χ1) is 10.1. The zero-order valence-electron chi connectivity index (χ0n) is 13.7. The summed E-state index contributed by atoms with van der Waals surface area (Å²) in [5.41, 5.74) is 1.01. The minimum Gasteiger partial charge on any atom is -0.508 e. The van der Waals surface area contributed by atoms with E-state index in [1.54, 1.807) is 26.0 Å². The van der Waals surface area contributed by atoms with Gasteiger partial charge in [-0.2, -0.15) is 0 Å². The van der Waals surface area contributed by atoms with E-state index >= 15 is 0 Å². The lowest BCUT2D eigenvalue weighted by atomic mass is 9.73. The van der Waals surface area contributed by atoms with Gasteiger partial charge in [0.15, 0.2) is 11.4 Å². The molecule has 4 nitrogen and oxygen atoms in total. The van der Waals surface area contributed by atoms with Crippen LogP contribution in [0.5, 0.6) is 5.75 Å². The highest BCUT2D eigenvalue weighted by Crippen LogP contribution is 2.42. The van der Waals surface area contributed by atoms with E-state index < -0.39 is 11.4 Å². The molecule has 0 amide bonds. The van der Waals surface area contributed by atoms with Crippen LogP contribution in [-0.2, 0) is 4.79 Å². The van der Waals surface area contributed by atoms with E-state index in [2.05, 4.69) is 0 Å². The number of carbonyl (C=O) groups is 2. The van der Waals surface area contributed by atoms with Crippen molar-refractivity contribution in [1.82, 2.24) is 0 Å². The van der Waals surface area contributed by atoms with E-state index in [0.717, 1.165) is 0 Å². The van der Waals surface area contributed by atoms with Crippen LogP contribution in [0.25, 0.3) is 6.08 Å². The quantitative estimate of drug-likeness (QED) is 0.899. The van der Waals surface area contributed by atoms with Gasteiger partial charge in [0, 0.05) is 17.5 Å². The van der Waals surface area contributed by atoms with Crippen LogP contribution in [0, 0.1) is 6.92 Å². The summed E-state index contributed by atoms with van der Waals surface area (Å²) < 4.78 is 0. The van der Waals surface area contributed by atoms with Crippen LogP contribution in [0.1, 0.15) is 67.1 Å². The van der Waals surface area contributed by atoms with Gasteiger partial charge >= 0.3 is 0 Å².